The van der Waals surface area contributed by atoms with Crippen molar-refractivity contribution in [3.63, 3.8) is 0 Å². The molecule has 0 saturated heterocycles. The van der Waals surface area contributed by atoms with Gasteiger partial charge in [-0.05, 0) is 42.2 Å². The molecule has 2 aromatic rings. The first kappa shape index (κ1) is 16.2. The lowest BCUT2D eigenvalue weighted by Gasteiger charge is -2.14. The van der Waals surface area contributed by atoms with Crippen molar-refractivity contribution in [2.24, 2.45) is 0 Å². The van der Waals surface area contributed by atoms with Crippen molar-refractivity contribution in [3.8, 4) is 0 Å². The van der Waals surface area contributed by atoms with E-state index in [1.54, 1.807) is 18.2 Å². The highest BCUT2D eigenvalue weighted by atomic mass is 79.9. The topological polar surface area (TPSA) is 46.2 Å². The molecule has 2 rings (SSSR count). The fourth-order valence-electron chi connectivity index (χ4n) is 2.00. The van der Waals surface area contributed by atoms with Gasteiger partial charge in [0.15, 0.2) is 0 Å². The monoisotopic (exact) mass is 367 g/mol. The van der Waals surface area contributed by atoms with Crippen LogP contribution in [0.1, 0.15) is 24.0 Å². The maximum absolute atomic E-state index is 12.3. The molecule has 0 unspecified atom stereocenters. The molecule has 0 heterocycles. The van der Waals surface area contributed by atoms with Crippen LogP contribution in [0.15, 0.2) is 57.9 Å². The van der Waals surface area contributed by atoms with Crippen molar-refractivity contribution in [2.75, 3.05) is 6.54 Å². The Labute approximate surface area is 134 Å². The zero-order valence-corrected chi connectivity index (χ0v) is 14.4. The minimum absolute atomic E-state index is 0.123. The maximum atomic E-state index is 12.3. The second-order valence-corrected chi connectivity index (χ2v) is 7.70. The molecule has 0 radical (unpaired) electrons. The molecule has 112 valence electrons. The van der Waals surface area contributed by atoms with E-state index in [0.717, 1.165) is 15.6 Å². The third-order valence-electron chi connectivity index (χ3n) is 3.39. The fourth-order valence-corrected chi connectivity index (χ4v) is 3.46. The lowest BCUT2D eigenvalue weighted by molar-refractivity contribution is 0.575. The minimum Gasteiger partial charge on any atom is -0.211 e. The highest BCUT2D eigenvalue weighted by Crippen LogP contribution is 2.20. The van der Waals surface area contributed by atoms with Gasteiger partial charge in [0.1, 0.15) is 0 Å². The van der Waals surface area contributed by atoms with Crippen molar-refractivity contribution in [3.05, 3.63) is 64.1 Å². The van der Waals surface area contributed by atoms with Crippen molar-refractivity contribution < 1.29 is 8.42 Å². The van der Waals surface area contributed by atoms with Crippen molar-refractivity contribution in [2.45, 2.75) is 24.7 Å². The van der Waals surface area contributed by atoms with Crippen molar-refractivity contribution >= 4 is 26.0 Å². The van der Waals surface area contributed by atoms with E-state index in [1.165, 1.54) is 0 Å². The van der Waals surface area contributed by atoms with E-state index in [1.807, 2.05) is 44.2 Å². The lowest BCUT2D eigenvalue weighted by atomic mass is 10.0. The van der Waals surface area contributed by atoms with Crippen LogP contribution >= 0.6 is 15.9 Å². The number of halogens is 1. The summed E-state index contributed by atoms with van der Waals surface area (Å²) in [5, 5.41) is 0. The Kier molecular flexibility index (Phi) is 5.19. The van der Waals surface area contributed by atoms with E-state index in [2.05, 4.69) is 20.7 Å². The quantitative estimate of drug-likeness (QED) is 0.872. The third-order valence-corrected chi connectivity index (χ3v) is 5.70. The smallest absolute Gasteiger partial charge is 0.211 e. The van der Waals surface area contributed by atoms with Gasteiger partial charge in [0.25, 0.3) is 0 Å². The van der Waals surface area contributed by atoms with Gasteiger partial charge in [-0.15, -0.1) is 0 Å². The molecule has 1 N–H and O–H groups in total. The van der Waals surface area contributed by atoms with Crippen LogP contribution in [0.4, 0.5) is 0 Å². The zero-order valence-electron chi connectivity index (χ0n) is 12.0. The fraction of sp³-hybridized carbons (Fsp3) is 0.250. The first-order chi connectivity index (χ1) is 9.90. The first-order valence-corrected chi connectivity index (χ1v) is 8.98. The zero-order chi connectivity index (χ0) is 15.5. The predicted octanol–water partition coefficient (Wildman–Crippen LogP) is 3.84. The predicted molar refractivity (Wildman–Crippen MR) is 88.9 cm³/mol. The molecule has 0 fully saturated rings. The highest BCUT2D eigenvalue weighted by molar-refractivity contribution is 9.10. The Balaban J connectivity index is 2.09. The Morgan fingerprint density at radius 1 is 1.14 bits per heavy atom. The van der Waals surface area contributed by atoms with Gasteiger partial charge in [0, 0.05) is 11.0 Å². The average Bonchev–Trinajstić information content (AvgIpc) is 2.48. The summed E-state index contributed by atoms with van der Waals surface area (Å²) in [6.45, 7) is 4.25. The maximum Gasteiger partial charge on any atom is 0.240 e. The van der Waals surface area contributed by atoms with Crippen LogP contribution in [0, 0.1) is 6.92 Å². The van der Waals surface area contributed by atoms with Gasteiger partial charge in [-0.2, -0.15) is 0 Å². The van der Waals surface area contributed by atoms with Crippen LogP contribution in [-0.2, 0) is 10.0 Å². The van der Waals surface area contributed by atoms with Crippen molar-refractivity contribution in [1.82, 2.24) is 4.72 Å². The van der Waals surface area contributed by atoms with Crippen molar-refractivity contribution in [1.29, 1.82) is 0 Å². The average molecular weight is 368 g/mol. The molecular formula is C16H18BrNO2S. The first-order valence-electron chi connectivity index (χ1n) is 6.71. The molecule has 2 aromatic carbocycles. The molecule has 0 spiro atoms. The third kappa shape index (κ3) is 4.15. The van der Waals surface area contributed by atoms with Crippen LogP contribution in [0.2, 0.25) is 0 Å². The minimum atomic E-state index is -3.47. The molecule has 3 nitrogen and oxygen atoms in total. The Morgan fingerprint density at radius 3 is 2.43 bits per heavy atom. The Bertz CT molecular complexity index is 714. The van der Waals surface area contributed by atoms with Gasteiger partial charge < -0.3 is 0 Å². The van der Waals surface area contributed by atoms with Gasteiger partial charge in [0.05, 0.1) is 4.90 Å². The van der Waals surface area contributed by atoms with E-state index in [9.17, 15) is 8.42 Å². The number of sulfonamides is 1. The number of aryl methyl sites for hydroxylation is 1. The summed E-state index contributed by atoms with van der Waals surface area (Å²) >= 11 is 3.37. The van der Waals surface area contributed by atoms with Gasteiger partial charge in [-0.1, -0.05) is 53.2 Å². The molecular weight excluding hydrogens is 350 g/mol. The van der Waals surface area contributed by atoms with Crippen LogP contribution in [0.25, 0.3) is 0 Å². The largest absolute Gasteiger partial charge is 0.240 e. The van der Waals surface area contributed by atoms with Crippen LogP contribution < -0.4 is 4.72 Å². The number of rotatable bonds is 5. The number of benzene rings is 2. The summed E-state index contributed by atoms with van der Waals surface area (Å²) in [6, 6.07) is 14.9. The van der Waals surface area contributed by atoms with E-state index in [4.69, 9.17) is 0 Å². The standard InChI is InChI=1S/C16H18BrNO2S/c1-12-10-15(8-9-16(12)17)21(19,20)18-11-13(2)14-6-4-3-5-7-14/h3-10,13,18H,11H2,1-2H3/t13-/m1/s1. The SMILES string of the molecule is Cc1cc(S(=O)(=O)NC[C@@H](C)c2ccccc2)ccc1Br. The van der Waals surface area contributed by atoms with Crippen LogP contribution in [0.3, 0.4) is 0 Å². The van der Waals surface area contributed by atoms with E-state index in [-0.39, 0.29) is 5.92 Å². The summed E-state index contributed by atoms with van der Waals surface area (Å²) < 4.78 is 28.2. The van der Waals surface area contributed by atoms with E-state index >= 15 is 0 Å². The van der Waals surface area contributed by atoms with Crippen LogP contribution in [-0.4, -0.2) is 15.0 Å². The molecule has 0 aliphatic rings. The molecule has 5 heteroatoms. The molecule has 0 aromatic heterocycles. The number of hydrogen-bond donors (Lipinski definition) is 1. The molecule has 0 saturated carbocycles. The van der Waals surface area contributed by atoms with Gasteiger partial charge in [-0.3, -0.25) is 0 Å². The normalized spacial score (nSPS) is 13.1. The molecule has 21 heavy (non-hydrogen) atoms. The molecule has 0 amide bonds. The number of nitrogens with one attached hydrogen (secondary N) is 1. The Hall–Kier alpha value is -1.17. The highest BCUT2D eigenvalue weighted by Gasteiger charge is 2.16. The van der Waals surface area contributed by atoms with E-state index in [0.29, 0.717) is 11.4 Å². The molecule has 0 bridgehead atoms. The van der Waals surface area contributed by atoms with Gasteiger partial charge >= 0.3 is 0 Å². The summed E-state index contributed by atoms with van der Waals surface area (Å²) in [6.07, 6.45) is 0. The van der Waals surface area contributed by atoms with Crippen LogP contribution in [0.5, 0.6) is 0 Å². The van der Waals surface area contributed by atoms with E-state index < -0.39 is 10.0 Å². The Morgan fingerprint density at radius 2 is 1.81 bits per heavy atom. The molecule has 0 aliphatic heterocycles. The summed E-state index contributed by atoms with van der Waals surface area (Å²) in [5.74, 6) is 0.123. The second kappa shape index (κ2) is 6.73. The summed E-state index contributed by atoms with van der Waals surface area (Å²) in [4.78, 5) is 0.295. The summed E-state index contributed by atoms with van der Waals surface area (Å²) in [5.41, 5.74) is 2.01. The lowest BCUT2D eigenvalue weighted by Crippen LogP contribution is -2.27. The number of hydrogen-bond acceptors (Lipinski definition) is 2. The second-order valence-electron chi connectivity index (χ2n) is 5.07. The van der Waals surface area contributed by atoms with Gasteiger partial charge in [-0.25, -0.2) is 13.1 Å². The summed E-state index contributed by atoms with van der Waals surface area (Å²) in [7, 11) is -3.47. The van der Waals surface area contributed by atoms with Gasteiger partial charge in [0.2, 0.25) is 10.0 Å². The molecule has 1 atom stereocenters. The molecule has 0 aliphatic carbocycles.